The number of aromatic nitrogens is 1. The average Bonchev–Trinajstić information content (AvgIpc) is 2.82. The quantitative estimate of drug-likeness (QED) is 0.660. The van der Waals surface area contributed by atoms with Crippen molar-refractivity contribution in [2.45, 2.75) is 38.9 Å². The molecule has 2 aromatic carbocycles. The van der Waals surface area contributed by atoms with Crippen LogP contribution in [0, 0.1) is 0 Å². The summed E-state index contributed by atoms with van der Waals surface area (Å²) < 4.78 is 12.4. The fourth-order valence-electron chi connectivity index (χ4n) is 3.05. The van der Waals surface area contributed by atoms with Gasteiger partial charge in [-0.25, -0.2) is 0 Å². The van der Waals surface area contributed by atoms with Gasteiger partial charge in [0.05, 0.1) is 16.9 Å². The van der Waals surface area contributed by atoms with Gasteiger partial charge in [0.1, 0.15) is 0 Å². The summed E-state index contributed by atoms with van der Waals surface area (Å²) >= 11 is 0. The van der Waals surface area contributed by atoms with E-state index in [2.05, 4.69) is 69.1 Å². The summed E-state index contributed by atoms with van der Waals surface area (Å²) in [5.41, 5.74) is 2.46. The topological polar surface area (TPSA) is 31.4 Å². The van der Waals surface area contributed by atoms with E-state index in [0.29, 0.717) is 0 Å². The van der Waals surface area contributed by atoms with E-state index in [9.17, 15) is 0 Å². The molecule has 1 aliphatic rings. The lowest BCUT2D eigenvalue weighted by Crippen LogP contribution is -2.41. The maximum absolute atomic E-state index is 6.18. The number of rotatable bonds is 2. The molecule has 0 bridgehead atoms. The molecule has 0 atom stereocenters. The fourth-order valence-corrected chi connectivity index (χ4v) is 3.05. The maximum Gasteiger partial charge on any atom is 0.494 e. The molecule has 1 fully saturated rings. The largest absolute Gasteiger partial charge is 0.494 e. The molecule has 0 unspecified atom stereocenters. The Morgan fingerprint density at radius 2 is 1.48 bits per heavy atom. The van der Waals surface area contributed by atoms with Crippen LogP contribution in [0.2, 0.25) is 0 Å². The van der Waals surface area contributed by atoms with E-state index in [1.807, 2.05) is 24.4 Å². The van der Waals surface area contributed by atoms with Crippen molar-refractivity contribution in [3.05, 3.63) is 60.8 Å². The standard InChI is InChI=1S/C21H22BNO2/c1-20(2)21(3,4)25-22(24-20)18-11-10-16-14-23-19(13-17(16)12-18)15-8-6-5-7-9-15/h5-14H,1-4H3. The average molecular weight is 331 g/mol. The lowest BCUT2D eigenvalue weighted by Gasteiger charge is -2.32. The van der Waals surface area contributed by atoms with Gasteiger partial charge in [-0.1, -0.05) is 48.5 Å². The molecule has 4 rings (SSSR count). The zero-order chi connectivity index (χ0) is 17.7. The second-order valence-corrected chi connectivity index (χ2v) is 7.63. The van der Waals surface area contributed by atoms with E-state index >= 15 is 0 Å². The summed E-state index contributed by atoms with van der Waals surface area (Å²) in [5.74, 6) is 0. The van der Waals surface area contributed by atoms with E-state index in [1.54, 1.807) is 0 Å². The van der Waals surface area contributed by atoms with Crippen molar-refractivity contribution in [1.82, 2.24) is 4.98 Å². The Bertz CT molecular complexity index is 906. The third-order valence-corrected chi connectivity index (χ3v) is 5.34. The molecular weight excluding hydrogens is 309 g/mol. The van der Waals surface area contributed by atoms with Crippen molar-refractivity contribution >= 4 is 23.4 Å². The molecular formula is C21H22BNO2. The van der Waals surface area contributed by atoms with Gasteiger partial charge in [-0.05, 0) is 44.6 Å². The number of fused-ring (bicyclic) bond motifs is 1. The van der Waals surface area contributed by atoms with Crippen molar-refractivity contribution in [3.8, 4) is 11.3 Å². The minimum Gasteiger partial charge on any atom is -0.399 e. The van der Waals surface area contributed by atoms with Gasteiger partial charge >= 0.3 is 7.12 Å². The van der Waals surface area contributed by atoms with Gasteiger partial charge < -0.3 is 9.31 Å². The van der Waals surface area contributed by atoms with Crippen LogP contribution >= 0.6 is 0 Å². The number of benzene rings is 2. The van der Waals surface area contributed by atoms with Crippen LogP contribution in [0.3, 0.4) is 0 Å². The highest BCUT2D eigenvalue weighted by molar-refractivity contribution is 6.62. The van der Waals surface area contributed by atoms with Gasteiger partial charge in [0, 0.05) is 17.1 Å². The van der Waals surface area contributed by atoms with Crippen LogP contribution in [0.4, 0.5) is 0 Å². The highest BCUT2D eigenvalue weighted by atomic mass is 16.7. The minimum atomic E-state index is -0.345. The first-order valence-corrected chi connectivity index (χ1v) is 8.66. The van der Waals surface area contributed by atoms with E-state index in [0.717, 1.165) is 27.5 Å². The van der Waals surface area contributed by atoms with Gasteiger partial charge in [0.2, 0.25) is 0 Å². The molecule has 3 aromatic rings. The first-order valence-electron chi connectivity index (χ1n) is 8.66. The molecule has 0 spiro atoms. The predicted octanol–water partition coefficient (Wildman–Crippen LogP) is 4.20. The summed E-state index contributed by atoms with van der Waals surface area (Å²) in [6.07, 6.45) is 1.92. The smallest absolute Gasteiger partial charge is 0.399 e. The molecule has 0 aliphatic carbocycles. The van der Waals surface area contributed by atoms with Crippen LogP contribution in [-0.4, -0.2) is 23.3 Å². The Morgan fingerprint density at radius 3 is 2.16 bits per heavy atom. The SMILES string of the molecule is CC1(C)OB(c2ccc3cnc(-c4ccccc4)cc3c2)OC1(C)C. The molecule has 0 amide bonds. The number of hydrogen-bond acceptors (Lipinski definition) is 3. The fraction of sp³-hybridized carbons (Fsp3) is 0.286. The summed E-state index contributed by atoms with van der Waals surface area (Å²) in [4.78, 5) is 4.59. The van der Waals surface area contributed by atoms with E-state index in [1.165, 1.54) is 0 Å². The summed E-state index contributed by atoms with van der Waals surface area (Å²) in [7, 11) is -0.345. The lowest BCUT2D eigenvalue weighted by atomic mass is 9.78. The molecule has 1 aliphatic heterocycles. The molecule has 2 heterocycles. The van der Waals surface area contributed by atoms with Crippen LogP contribution in [0.15, 0.2) is 60.8 Å². The summed E-state index contributed by atoms with van der Waals surface area (Å²) in [6.45, 7) is 8.30. The summed E-state index contributed by atoms with van der Waals surface area (Å²) in [5, 5.41) is 2.25. The lowest BCUT2D eigenvalue weighted by molar-refractivity contribution is 0.00578. The van der Waals surface area contributed by atoms with Gasteiger partial charge in [-0.15, -0.1) is 0 Å². The number of hydrogen-bond donors (Lipinski definition) is 0. The maximum atomic E-state index is 6.18. The highest BCUT2D eigenvalue weighted by Gasteiger charge is 2.51. The van der Waals surface area contributed by atoms with Crippen LogP contribution in [-0.2, 0) is 9.31 Å². The van der Waals surface area contributed by atoms with Gasteiger partial charge in [0.15, 0.2) is 0 Å². The first kappa shape index (κ1) is 16.3. The van der Waals surface area contributed by atoms with E-state index in [4.69, 9.17) is 9.31 Å². The molecule has 3 nitrogen and oxygen atoms in total. The highest BCUT2D eigenvalue weighted by Crippen LogP contribution is 2.36. The molecule has 1 saturated heterocycles. The Kier molecular flexibility index (Phi) is 3.71. The van der Waals surface area contributed by atoms with Crippen LogP contribution < -0.4 is 5.46 Å². The first-order chi connectivity index (χ1) is 11.9. The third-order valence-electron chi connectivity index (χ3n) is 5.34. The Balaban J connectivity index is 1.73. The van der Waals surface area contributed by atoms with E-state index < -0.39 is 0 Å². The molecule has 1 aromatic heterocycles. The van der Waals surface area contributed by atoms with Crippen LogP contribution in [0.5, 0.6) is 0 Å². The van der Waals surface area contributed by atoms with Crippen LogP contribution in [0.1, 0.15) is 27.7 Å². The molecule has 25 heavy (non-hydrogen) atoms. The molecule has 4 heteroatoms. The monoisotopic (exact) mass is 331 g/mol. The Labute approximate surface area is 149 Å². The third kappa shape index (κ3) is 2.86. The number of nitrogens with zero attached hydrogens (tertiary/aromatic N) is 1. The van der Waals surface area contributed by atoms with Crippen molar-refractivity contribution in [2.24, 2.45) is 0 Å². The van der Waals surface area contributed by atoms with E-state index in [-0.39, 0.29) is 18.3 Å². The molecule has 126 valence electrons. The van der Waals surface area contributed by atoms with Gasteiger partial charge in [0.25, 0.3) is 0 Å². The molecule has 0 saturated carbocycles. The van der Waals surface area contributed by atoms with Gasteiger partial charge in [-0.3, -0.25) is 4.98 Å². The summed E-state index contributed by atoms with van der Waals surface area (Å²) in [6, 6.07) is 18.6. The second-order valence-electron chi connectivity index (χ2n) is 7.63. The van der Waals surface area contributed by atoms with Crippen LogP contribution in [0.25, 0.3) is 22.0 Å². The minimum absolute atomic E-state index is 0.333. The Hall–Kier alpha value is -2.17. The molecule has 0 N–H and O–H groups in total. The van der Waals surface area contributed by atoms with Gasteiger partial charge in [-0.2, -0.15) is 0 Å². The zero-order valence-corrected chi connectivity index (χ0v) is 15.1. The van der Waals surface area contributed by atoms with Crippen molar-refractivity contribution < 1.29 is 9.31 Å². The van der Waals surface area contributed by atoms with Crippen molar-refractivity contribution in [1.29, 1.82) is 0 Å². The normalized spacial score (nSPS) is 18.6. The predicted molar refractivity (Wildman–Crippen MR) is 103 cm³/mol. The second kappa shape index (κ2) is 5.68. The van der Waals surface area contributed by atoms with Crippen molar-refractivity contribution in [3.63, 3.8) is 0 Å². The molecule has 0 radical (unpaired) electrons. The number of pyridine rings is 1. The zero-order valence-electron chi connectivity index (χ0n) is 15.1. The van der Waals surface area contributed by atoms with Crippen molar-refractivity contribution in [2.75, 3.05) is 0 Å². The Morgan fingerprint density at radius 1 is 0.800 bits per heavy atom.